The predicted molar refractivity (Wildman–Crippen MR) is 134 cm³/mol. The maximum Gasteiger partial charge on any atom is 0.232 e. The van der Waals surface area contributed by atoms with Crippen LogP contribution in [0.2, 0.25) is 10.0 Å². The van der Waals surface area contributed by atoms with Crippen LogP contribution >= 0.6 is 23.2 Å². The first-order valence-corrected chi connectivity index (χ1v) is 11.8. The van der Waals surface area contributed by atoms with Crippen LogP contribution in [0.25, 0.3) is 6.08 Å². The normalized spacial score (nSPS) is 17.2. The number of aromatic nitrogens is 1. The van der Waals surface area contributed by atoms with Crippen LogP contribution in [0.15, 0.2) is 54.4 Å². The number of pyridine rings is 1. The fourth-order valence-electron chi connectivity index (χ4n) is 4.39. The number of piperazine rings is 1. The molecule has 2 aromatic carbocycles. The molecule has 1 N–H and O–H groups in total. The number of ketones is 1. The summed E-state index contributed by atoms with van der Waals surface area (Å²) >= 11 is 12.1. The van der Waals surface area contributed by atoms with Crippen LogP contribution in [0.1, 0.15) is 27.0 Å². The number of fused-ring (bicyclic) bond motifs is 1. The molecule has 0 spiro atoms. The van der Waals surface area contributed by atoms with E-state index in [4.69, 9.17) is 27.9 Å². The van der Waals surface area contributed by atoms with Crippen LogP contribution in [0.5, 0.6) is 11.5 Å². The number of hydrogen-bond donors (Lipinski definition) is 1. The minimum Gasteiger partial charge on any atom is -0.507 e. The van der Waals surface area contributed by atoms with Crippen molar-refractivity contribution in [2.45, 2.75) is 13.5 Å². The minimum absolute atomic E-state index is 0.131. The quantitative estimate of drug-likeness (QED) is 0.492. The van der Waals surface area contributed by atoms with E-state index in [1.165, 1.54) is 0 Å². The van der Waals surface area contributed by atoms with E-state index in [1.54, 1.807) is 43.5 Å². The van der Waals surface area contributed by atoms with Crippen molar-refractivity contribution in [3.63, 3.8) is 0 Å². The average Bonchev–Trinajstić information content (AvgIpc) is 3.16. The third-order valence-corrected chi connectivity index (χ3v) is 6.93. The number of nitrogens with zero attached hydrogens (tertiary/aromatic N) is 3. The summed E-state index contributed by atoms with van der Waals surface area (Å²) in [7, 11) is 0. The van der Waals surface area contributed by atoms with Crippen molar-refractivity contribution >= 4 is 40.9 Å². The first-order chi connectivity index (χ1) is 16.4. The second-order valence-corrected chi connectivity index (χ2v) is 9.27. The van der Waals surface area contributed by atoms with Gasteiger partial charge < -0.3 is 14.7 Å². The number of aromatic hydroxyl groups is 1. The maximum atomic E-state index is 13.2. The van der Waals surface area contributed by atoms with E-state index in [2.05, 4.69) is 14.8 Å². The predicted octanol–water partition coefficient (Wildman–Crippen LogP) is 5.34. The van der Waals surface area contributed by atoms with Crippen molar-refractivity contribution in [1.29, 1.82) is 0 Å². The highest BCUT2D eigenvalue weighted by molar-refractivity contribution is 6.42. The van der Waals surface area contributed by atoms with E-state index < -0.39 is 0 Å². The van der Waals surface area contributed by atoms with Crippen molar-refractivity contribution in [2.75, 3.05) is 31.1 Å². The standard InChI is InChI=1S/C26H23Cl2N3O3/c1-16-12-21(32)18(15-30-8-10-31(11-9-30)23-4-2-3-7-29-23)26-24(16)25(33)22(34-26)14-17-5-6-19(27)20(28)13-17/h2-7,12-14,32H,8-11,15H2,1H3/b22-14-. The minimum atomic E-state index is -0.209. The number of carbonyl (C=O) groups excluding carboxylic acids is 1. The van der Waals surface area contributed by atoms with E-state index in [0.29, 0.717) is 44.6 Å². The van der Waals surface area contributed by atoms with Crippen molar-refractivity contribution in [2.24, 2.45) is 0 Å². The summed E-state index contributed by atoms with van der Waals surface area (Å²) in [4.78, 5) is 22.1. The number of Topliss-reactive ketones (excluding diaryl/α,β-unsaturated/α-hetero) is 1. The molecule has 1 fully saturated rings. The Morgan fingerprint density at radius 2 is 1.88 bits per heavy atom. The molecule has 0 radical (unpaired) electrons. The lowest BCUT2D eigenvalue weighted by Crippen LogP contribution is -2.46. The number of halogens is 2. The van der Waals surface area contributed by atoms with E-state index in [9.17, 15) is 9.90 Å². The largest absolute Gasteiger partial charge is 0.507 e. The van der Waals surface area contributed by atoms with Crippen molar-refractivity contribution in [1.82, 2.24) is 9.88 Å². The zero-order chi connectivity index (χ0) is 23.8. The molecule has 0 amide bonds. The summed E-state index contributed by atoms with van der Waals surface area (Å²) in [6.45, 7) is 5.55. The lowest BCUT2D eigenvalue weighted by Gasteiger charge is -2.35. The van der Waals surface area contributed by atoms with Gasteiger partial charge in [-0.05, 0) is 54.5 Å². The van der Waals surface area contributed by atoms with Gasteiger partial charge in [-0.3, -0.25) is 9.69 Å². The van der Waals surface area contributed by atoms with Gasteiger partial charge >= 0.3 is 0 Å². The van der Waals surface area contributed by atoms with Gasteiger partial charge in [-0.1, -0.05) is 35.3 Å². The molecule has 8 heteroatoms. The monoisotopic (exact) mass is 495 g/mol. The summed E-state index contributed by atoms with van der Waals surface area (Å²) in [5, 5.41) is 11.6. The molecule has 34 heavy (non-hydrogen) atoms. The molecule has 0 unspecified atom stereocenters. The van der Waals surface area contributed by atoms with Gasteiger partial charge in [-0.15, -0.1) is 0 Å². The Labute approximate surface area is 208 Å². The molecular weight excluding hydrogens is 473 g/mol. The number of anilines is 1. The Bertz CT molecular complexity index is 1290. The Kier molecular flexibility index (Phi) is 6.21. The average molecular weight is 496 g/mol. The summed E-state index contributed by atoms with van der Waals surface area (Å²) in [5.74, 6) is 1.52. The van der Waals surface area contributed by atoms with Gasteiger partial charge in [0.05, 0.1) is 21.2 Å². The zero-order valence-corrected chi connectivity index (χ0v) is 20.1. The van der Waals surface area contributed by atoms with E-state index >= 15 is 0 Å². The number of aryl methyl sites for hydroxylation is 1. The molecule has 0 aliphatic carbocycles. The van der Waals surface area contributed by atoms with Gasteiger partial charge in [0.2, 0.25) is 5.78 Å². The molecule has 0 atom stereocenters. The molecular formula is C26H23Cl2N3O3. The lowest BCUT2D eigenvalue weighted by molar-refractivity contribution is 0.101. The van der Waals surface area contributed by atoms with Gasteiger partial charge in [-0.25, -0.2) is 4.98 Å². The number of hydrogen-bond acceptors (Lipinski definition) is 6. The summed E-state index contributed by atoms with van der Waals surface area (Å²) in [6, 6.07) is 12.7. The van der Waals surface area contributed by atoms with Gasteiger partial charge in [0.25, 0.3) is 0 Å². The fraction of sp³-hybridized carbons (Fsp3) is 0.231. The molecule has 3 aromatic rings. The lowest BCUT2D eigenvalue weighted by atomic mass is 9.99. The molecule has 1 aromatic heterocycles. The number of rotatable bonds is 4. The smallest absolute Gasteiger partial charge is 0.232 e. The SMILES string of the molecule is Cc1cc(O)c(CN2CCN(c3ccccn3)CC2)c2c1C(=O)/C(=C/c1ccc(Cl)c(Cl)c1)O2. The van der Waals surface area contributed by atoms with E-state index in [1.807, 2.05) is 18.2 Å². The van der Waals surface area contributed by atoms with Crippen LogP contribution in [0, 0.1) is 6.92 Å². The third kappa shape index (κ3) is 4.37. The van der Waals surface area contributed by atoms with Gasteiger partial charge in [-0.2, -0.15) is 0 Å². The Balaban J connectivity index is 1.38. The number of phenols is 1. The molecule has 5 rings (SSSR count). The summed E-state index contributed by atoms with van der Waals surface area (Å²) in [5.41, 5.74) is 2.50. The Hall–Kier alpha value is -3.06. The Morgan fingerprint density at radius 3 is 2.59 bits per heavy atom. The second-order valence-electron chi connectivity index (χ2n) is 8.46. The number of allylic oxidation sites excluding steroid dienone is 1. The number of phenolic OH excluding ortho intramolecular Hbond substituents is 1. The molecule has 1 saturated heterocycles. The van der Waals surface area contributed by atoms with Crippen molar-refractivity contribution in [3.8, 4) is 11.5 Å². The highest BCUT2D eigenvalue weighted by atomic mass is 35.5. The summed E-state index contributed by atoms with van der Waals surface area (Å²) in [6.07, 6.45) is 3.45. The van der Waals surface area contributed by atoms with Crippen LogP contribution in [-0.2, 0) is 6.54 Å². The highest BCUT2D eigenvalue weighted by Gasteiger charge is 2.34. The Morgan fingerprint density at radius 1 is 1.09 bits per heavy atom. The second kappa shape index (κ2) is 9.29. The first kappa shape index (κ1) is 22.7. The molecule has 0 saturated carbocycles. The first-order valence-electron chi connectivity index (χ1n) is 11.0. The van der Waals surface area contributed by atoms with E-state index in [-0.39, 0.29) is 17.3 Å². The fourth-order valence-corrected chi connectivity index (χ4v) is 4.69. The van der Waals surface area contributed by atoms with Crippen LogP contribution in [0.4, 0.5) is 5.82 Å². The van der Waals surface area contributed by atoms with Crippen molar-refractivity contribution < 1.29 is 14.6 Å². The number of carbonyl (C=O) groups is 1. The number of ether oxygens (including phenoxy) is 1. The molecule has 6 nitrogen and oxygen atoms in total. The van der Waals surface area contributed by atoms with Gasteiger partial charge in [0.15, 0.2) is 5.76 Å². The highest BCUT2D eigenvalue weighted by Crippen LogP contribution is 2.42. The van der Waals surface area contributed by atoms with Crippen LogP contribution in [0.3, 0.4) is 0 Å². The zero-order valence-electron chi connectivity index (χ0n) is 18.6. The molecule has 2 aliphatic rings. The molecule has 174 valence electrons. The van der Waals surface area contributed by atoms with E-state index in [0.717, 1.165) is 32.0 Å². The summed E-state index contributed by atoms with van der Waals surface area (Å²) < 4.78 is 6.05. The van der Waals surface area contributed by atoms with Crippen molar-refractivity contribution in [3.05, 3.63) is 86.7 Å². The molecule has 3 heterocycles. The number of benzene rings is 2. The third-order valence-electron chi connectivity index (χ3n) is 6.19. The van der Waals surface area contributed by atoms with Gasteiger partial charge in [0, 0.05) is 38.9 Å². The molecule has 0 bridgehead atoms. The van der Waals surface area contributed by atoms with Gasteiger partial charge in [0.1, 0.15) is 17.3 Å². The maximum absolute atomic E-state index is 13.2. The molecule has 2 aliphatic heterocycles. The van der Waals surface area contributed by atoms with Crippen LogP contribution in [-0.4, -0.2) is 47.0 Å². The van der Waals surface area contributed by atoms with Crippen LogP contribution < -0.4 is 9.64 Å². The topological polar surface area (TPSA) is 65.9 Å².